The van der Waals surface area contributed by atoms with Crippen LogP contribution >= 0.6 is 0 Å². The van der Waals surface area contributed by atoms with E-state index in [1.807, 2.05) is 0 Å². The Labute approximate surface area is 123 Å². The van der Waals surface area contributed by atoms with Crippen molar-refractivity contribution in [2.45, 2.75) is 26.7 Å². The number of carbonyl (C=O) groups is 4. The maximum atomic E-state index is 11.1. The van der Waals surface area contributed by atoms with E-state index >= 15 is 0 Å². The largest absolute Gasteiger partial charge is 0.377 e. The van der Waals surface area contributed by atoms with Crippen molar-refractivity contribution in [2.75, 3.05) is 39.6 Å². The first-order valence-electron chi connectivity index (χ1n) is 6.67. The van der Waals surface area contributed by atoms with Crippen molar-refractivity contribution in [3.63, 3.8) is 0 Å². The molecule has 0 aliphatic rings. The number of ketones is 4. The van der Waals surface area contributed by atoms with Crippen LogP contribution in [0.15, 0.2) is 0 Å². The molecule has 0 amide bonds. The number of hydrogen-bond acceptors (Lipinski definition) is 7. The van der Waals surface area contributed by atoms with E-state index in [1.54, 1.807) is 0 Å². The van der Waals surface area contributed by atoms with E-state index in [0.717, 1.165) is 0 Å². The highest BCUT2D eigenvalue weighted by molar-refractivity contribution is 5.98. The lowest BCUT2D eigenvalue weighted by Crippen LogP contribution is -2.17. The second-order valence-corrected chi connectivity index (χ2v) is 4.55. The molecule has 7 nitrogen and oxygen atoms in total. The van der Waals surface area contributed by atoms with Crippen molar-refractivity contribution in [1.82, 2.24) is 0 Å². The zero-order chi connectivity index (χ0) is 16.1. The molecule has 0 atom stereocenters. The predicted octanol–water partition coefficient (Wildman–Crippen LogP) is 0.133. The highest BCUT2D eigenvalue weighted by atomic mass is 16.5. The summed E-state index contributed by atoms with van der Waals surface area (Å²) in [5, 5.41) is 0. The van der Waals surface area contributed by atoms with Crippen molar-refractivity contribution in [2.24, 2.45) is 0 Å². The smallest absolute Gasteiger partial charge is 0.165 e. The minimum atomic E-state index is -0.255. The van der Waals surface area contributed by atoms with E-state index in [4.69, 9.17) is 14.2 Å². The van der Waals surface area contributed by atoms with Crippen LogP contribution in [0.1, 0.15) is 26.7 Å². The summed E-state index contributed by atoms with van der Waals surface area (Å²) in [5.41, 5.74) is 0. The standard InChI is InChI=1S/C14H22O7/c1-11(15)7-13(17)9-20-5-3-19-4-6-21-10-14(18)8-12(2)16/h3-10H2,1-2H3. The monoisotopic (exact) mass is 302 g/mol. The van der Waals surface area contributed by atoms with Gasteiger partial charge in [0.25, 0.3) is 0 Å². The average Bonchev–Trinajstić information content (AvgIpc) is 2.34. The van der Waals surface area contributed by atoms with Crippen LogP contribution in [-0.4, -0.2) is 62.8 Å². The molecule has 0 unspecified atom stereocenters. The molecule has 0 rings (SSSR count). The van der Waals surface area contributed by atoms with Crippen molar-refractivity contribution in [3.05, 3.63) is 0 Å². The minimum absolute atomic E-state index is 0.0982. The van der Waals surface area contributed by atoms with Crippen LogP contribution in [0, 0.1) is 0 Å². The Morgan fingerprint density at radius 1 is 0.619 bits per heavy atom. The Hall–Kier alpha value is -1.44. The zero-order valence-electron chi connectivity index (χ0n) is 12.5. The molecule has 0 fully saturated rings. The summed E-state index contributed by atoms with van der Waals surface area (Å²) in [6.07, 6.45) is -0.216. The van der Waals surface area contributed by atoms with Crippen LogP contribution in [0.3, 0.4) is 0 Å². The van der Waals surface area contributed by atoms with Crippen molar-refractivity contribution in [1.29, 1.82) is 0 Å². The second kappa shape index (κ2) is 12.3. The van der Waals surface area contributed by atoms with Crippen molar-refractivity contribution < 1.29 is 33.4 Å². The van der Waals surface area contributed by atoms with Gasteiger partial charge in [0.05, 0.1) is 39.3 Å². The van der Waals surface area contributed by atoms with Crippen LogP contribution < -0.4 is 0 Å². The number of carbonyl (C=O) groups excluding carboxylic acids is 4. The molecular formula is C14H22O7. The lowest BCUT2D eigenvalue weighted by molar-refractivity contribution is -0.130. The van der Waals surface area contributed by atoms with Gasteiger partial charge in [-0.05, 0) is 13.8 Å². The summed E-state index contributed by atoms with van der Waals surface area (Å²) < 4.78 is 15.2. The van der Waals surface area contributed by atoms with Gasteiger partial charge in [-0.15, -0.1) is 0 Å². The first-order chi connectivity index (χ1) is 9.91. The summed E-state index contributed by atoms with van der Waals surface area (Å²) in [7, 11) is 0. The molecule has 0 N–H and O–H groups in total. The Kier molecular flexibility index (Phi) is 11.5. The van der Waals surface area contributed by atoms with Crippen LogP contribution in [-0.2, 0) is 33.4 Å². The Morgan fingerprint density at radius 3 is 1.29 bits per heavy atom. The van der Waals surface area contributed by atoms with Gasteiger partial charge in [-0.25, -0.2) is 0 Å². The Morgan fingerprint density at radius 2 is 0.952 bits per heavy atom. The lowest BCUT2D eigenvalue weighted by atomic mass is 10.2. The third kappa shape index (κ3) is 14.8. The van der Waals surface area contributed by atoms with Gasteiger partial charge >= 0.3 is 0 Å². The van der Waals surface area contributed by atoms with Crippen molar-refractivity contribution >= 4 is 23.1 Å². The Bertz CT molecular complexity index is 328. The van der Waals surface area contributed by atoms with Gasteiger partial charge < -0.3 is 14.2 Å². The van der Waals surface area contributed by atoms with Crippen LogP contribution in [0.25, 0.3) is 0 Å². The minimum Gasteiger partial charge on any atom is -0.377 e. The number of Topliss-reactive ketones (excluding diaryl/α,β-unsaturated/α-hetero) is 4. The fourth-order valence-corrected chi connectivity index (χ4v) is 1.37. The summed E-state index contributed by atoms with van der Waals surface area (Å²) in [4.78, 5) is 43.5. The normalized spacial score (nSPS) is 10.4. The van der Waals surface area contributed by atoms with Gasteiger partial charge in [-0.2, -0.15) is 0 Å². The Balaban J connectivity index is 3.30. The SMILES string of the molecule is CC(=O)CC(=O)COCCOCCOCC(=O)CC(C)=O. The van der Waals surface area contributed by atoms with Gasteiger partial charge in [0, 0.05) is 0 Å². The van der Waals surface area contributed by atoms with Gasteiger partial charge in [0.15, 0.2) is 11.6 Å². The maximum Gasteiger partial charge on any atom is 0.165 e. The predicted molar refractivity (Wildman–Crippen MR) is 73.1 cm³/mol. The molecule has 0 aromatic heterocycles. The van der Waals surface area contributed by atoms with Gasteiger partial charge in [-0.3, -0.25) is 19.2 Å². The molecule has 120 valence electrons. The van der Waals surface area contributed by atoms with E-state index in [-0.39, 0.29) is 75.6 Å². The van der Waals surface area contributed by atoms with Crippen LogP contribution in [0.4, 0.5) is 0 Å². The highest BCUT2D eigenvalue weighted by Gasteiger charge is 2.06. The van der Waals surface area contributed by atoms with E-state index in [1.165, 1.54) is 13.8 Å². The first-order valence-corrected chi connectivity index (χ1v) is 6.67. The van der Waals surface area contributed by atoms with E-state index in [9.17, 15) is 19.2 Å². The summed E-state index contributed by atoms with van der Waals surface area (Å²) in [5.74, 6) is -0.878. The molecule has 0 spiro atoms. The molecular weight excluding hydrogens is 280 g/mol. The molecule has 21 heavy (non-hydrogen) atoms. The fraction of sp³-hybridized carbons (Fsp3) is 0.714. The molecule has 0 saturated carbocycles. The van der Waals surface area contributed by atoms with Gasteiger partial charge in [-0.1, -0.05) is 0 Å². The summed E-state index contributed by atoms with van der Waals surface area (Å²) in [6.45, 7) is 3.57. The lowest BCUT2D eigenvalue weighted by Gasteiger charge is -2.06. The molecule has 0 saturated heterocycles. The number of rotatable bonds is 14. The molecule has 0 radical (unpaired) electrons. The first kappa shape index (κ1) is 19.6. The third-order valence-corrected chi connectivity index (χ3v) is 2.16. The maximum absolute atomic E-state index is 11.1. The van der Waals surface area contributed by atoms with Gasteiger partial charge in [0.2, 0.25) is 0 Å². The average molecular weight is 302 g/mol. The summed E-state index contributed by atoms with van der Waals surface area (Å²) >= 11 is 0. The van der Waals surface area contributed by atoms with E-state index in [2.05, 4.69) is 0 Å². The van der Waals surface area contributed by atoms with E-state index in [0.29, 0.717) is 0 Å². The van der Waals surface area contributed by atoms with Crippen LogP contribution in [0.2, 0.25) is 0 Å². The van der Waals surface area contributed by atoms with Gasteiger partial charge in [0.1, 0.15) is 24.8 Å². The topological polar surface area (TPSA) is 96.0 Å². The van der Waals surface area contributed by atoms with Crippen LogP contribution in [0.5, 0.6) is 0 Å². The molecule has 0 aromatic rings. The molecule has 0 heterocycles. The summed E-state index contributed by atoms with van der Waals surface area (Å²) in [6, 6.07) is 0. The fourth-order valence-electron chi connectivity index (χ4n) is 1.37. The molecule has 0 aromatic carbocycles. The molecule has 0 aliphatic heterocycles. The molecule has 0 bridgehead atoms. The molecule has 7 heteroatoms. The molecule has 0 aliphatic carbocycles. The van der Waals surface area contributed by atoms with Crippen molar-refractivity contribution in [3.8, 4) is 0 Å². The third-order valence-electron chi connectivity index (χ3n) is 2.16. The number of hydrogen-bond donors (Lipinski definition) is 0. The number of ether oxygens (including phenoxy) is 3. The highest BCUT2D eigenvalue weighted by Crippen LogP contribution is 1.89. The quantitative estimate of drug-likeness (QED) is 0.332. The zero-order valence-corrected chi connectivity index (χ0v) is 12.5. The second-order valence-electron chi connectivity index (χ2n) is 4.55. The van der Waals surface area contributed by atoms with E-state index < -0.39 is 0 Å².